The molecule has 0 aromatic heterocycles. The topological polar surface area (TPSA) is 0 Å². The van der Waals surface area contributed by atoms with Gasteiger partial charge >= 0.3 is 0 Å². The Balaban J connectivity index is 1.54. The average molecular weight is 359 g/mol. The second-order valence-corrected chi connectivity index (χ2v) is 9.21. The van der Waals surface area contributed by atoms with E-state index in [4.69, 9.17) is 0 Å². The molecule has 0 spiro atoms. The third kappa shape index (κ3) is 3.37. The number of hydrogen-bond donors (Lipinski definition) is 0. The number of allylic oxidation sites excluding steroid dienone is 2. The van der Waals surface area contributed by atoms with Crippen molar-refractivity contribution < 1.29 is 8.78 Å². The van der Waals surface area contributed by atoms with Gasteiger partial charge in [0.25, 0.3) is 0 Å². The van der Waals surface area contributed by atoms with Gasteiger partial charge < -0.3 is 0 Å². The lowest BCUT2D eigenvalue weighted by Crippen LogP contribution is -2.30. The summed E-state index contributed by atoms with van der Waals surface area (Å²) in [5.74, 6) is 1.82. The van der Waals surface area contributed by atoms with Crippen molar-refractivity contribution in [3.63, 3.8) is 0 Å². The highest BCUT2D eigenvalue weighted by Gasteiger charge is 2.37. The first kappa shape index (κ1) is 18.2. The van der Waals surface area contributed by atoms with Gasteiger partial charge in [0.1, 0.15) is 0 Å². The molecule has 142 valence electrons. The van der Waals surface area contributed by atoms with Crippen LogP contribution in [0.1, 0.15) is 81.4 Å². The third-order valence-corrected chi connectivity index (χ3v) is 7.45. The van der Waals surface area contributed by atoms with Gasteiger partial charge in [0, 0.05) is 0 Å². The second kappa shape index (κ2) is 7.44. The highest BCUT2D eigenvalue weighted by Crippen LogP contribution is 2.49. The number of benzene rings is 1. The molecule has 0 amide bonds. The van der Waals surface area contributed by atoms with Crippen LogP contribution < -0.4 is 0 Å². The molecule has 0 N–H and O–H groups in total. The fraction of sp³-hybridized carbons (Fsp3) is 0.667. The minimum absolute atomic E-state index is 0.216. The SMILES string of the molecule is C/C=C/C1CCC2CC(c3cc4c(c(F)c3F)CC(C)CC4)CCC2C1. The van der Waals surface area contributed by atoms with Crippen molar-refractivity contribution in [1.82, 2.24) is 0 Å². The van der Waals surface area contributed by atoms with Gasteiger partial charge in [0.2, 0.25) is 0 Å². The first-order valence-corrected chi connectivity index (χ1v) is 10.7. The summed E-state index contributed by atoms with van der Waals surface area (Å²) in [6.07, 6.45) is 14.3. The Hall–Kier alpha value is -1.18. The van der Waals surface area contributed by atoms with Crippen LogP contribution in [0.3, 0.4) is 0 Å². The molecule has 5 atom stereocenters. The maximum Gasteiger partial charge on any atom is 0.162 e. The largest absolute Gasteiger partial charge is 0.203 e. The van der Waals surface area contributed by atoms with Gasteiger partial charge in [-0.05, 0) is 111 Å². The van der Waals surface area contributed by atoms with Crippen molar-refractivity contribution in [2.24, 2.45) is 23.7 Å². The van der Waals surface area contributed by atoms with Crippen LogP contribution in [-0.4, -0.2) is 0 Å². The van der Waals surface area contributed by atoms with E-state index in [0.29, 0.717) is 29.4 Å². The molecule has 0 aliphatic heterocycles. The Morgan fingerprint density at radius 1 is 0.962 bits per heavy atom. The summed E-state index contributed by atoms with van der Waals surface area (Å²) in [4.78, 5) is 0. The smallest absolute Gasteiger partial charge is 0.162 e. The van der Waals surface area contributed by atoms with E-state index in [2.05, 4.69) is 26.0 Å². The zero-order valence-electron chi connectivity index (χ0n) is 16.2. The van der Waals surface area contributed by atoms with Crippen molar-refractivity contribution >= 4 is 0 Å². The van der Waals surface area contributed by atoms with Gasteiger partial charge in [-0.15, -0.1) is 0 Å². The van der Waals surface area contributed by atoms with Crippen LogP contribution >= 0.6 is 0 Å². The first-order chi connectivity index (χ1) is 12.6. The maximum absolute atomic E-state index is 14.9. The van der Waals surface area contributed by atoms with Crippen molar-refractivity contribution in [2.75, 3.05) is 0 Å². The summed E-state index contributed by atoms with van der Waals surface area (Å²) >= 11 is 0. The molecule has 2 fully saturated rings. The summed E-state index contributed by atoms with van der Waals surface area (Å²) in [6, 6.07) is 2.04. The van der Waals surface area contributed by atoms with Crippen molar-refractivity contribution in [2.45, 2.75) is 77.6 Å². The molecule has 0 bridgehead atoms. The van der Waals surface area contributed by atoms with Crippen LogP contribution in [0.4, 0.5) is 8.78 Å². The highest BCUT2D eigenvalue weighted by molar-refractivity contribution is 5.38. The molecule has 0 radical (unpaired) electrons. The minimum Gasteiger partial charge on any atom is -0.203 e. The molecule has 0 saturated heterocycles. The van der Waals surface area contributed by atoms with Gasteiger partial charge in [-0.2, -0.15) is 0 Å². The molecule has 0 heterocycles. The van der Waals surface area contributed by atoms with E-state index in [1.165, 1.54) is 25.7 Å². The van der Waals surface area contributed by atoms with Gasteiger partial charge in [-0.3, -0.25) is 0 Å². The highest BCUT2D eigenvalue weighted by atomic mass is 19.2. The zero-order chi connectivity index (χ0) is 18.3. The lowest BCUT2D eigenvalue weighted by atomic mass is 9.63. The normalized spacial score (nSPS) is 34.5. The van der Waals surface area contributed by atoms with Crippen molar-refractivity contribution in [3.8, 4) is 0 Å². The number of fused-ring (bicyclic) bond motifs is 2. The van der Waals surface area contributed by atoms with E-state index in [9.17, 15) is 8.78 Å². The predicted molar refractivity (Wildman–Crippen MR) is 103 cm³/mol. The monoisotopic (exact) mass is 358 g/mol. The molecule has 3 aliphatic rings. The molecule has 5 unspecified atom stereocenters. The molecule has 1 aromatic carbocycles. The summed E-state index contributed by atoms with van der Waals surface area (Å²) < 4.78 is 29.7. The van der Waals surface area contributed by atoms with Crippen LogP contribution in [0, 0.1) is 35.3 Å². The zero-order valence-corrected chi connectivity index (χ0v) is 16.2. The molecule has 2 heteroatoms. The summed E-state index contributed by atoms with van der Waals surface area (Å²) in [7, 11) is 0. The fourth-order valence-corrected chi connectivity index (χ4v) is 5.99. The maximum atomic E-state index is 14.9. The van der Waals surface area contributed by atoms with Gasteiger partial charge in [-0.25, -0.2) is 8.78 Å². The second-order valence-electron chi connectivity index (χ2n) is 9.21. The Kier molecular flexibility index (Phi) is 5.21. The van der Waals surface area contributed by atoms with Crippen LogP contribution in [0.2, 0.25) is 0 Å². The number of rotatable bonds is 2. The Bertz CT molecular complexity index is 690. The molecule has 3 aliphatic carbocycles. The summed E-state index contributed by atoms with van der Waals surface area (Å²) in [5.41, 5.74) is 2.42. The van der Waals surface area contributed by atoms with E-state index in [0.717, 1.165) is 43.1 Å². The van der Waals surface area contributed by atoms with Crippen LogP contribution in [0.5, 0.6) is 0 Å². The summed E-state index contributed by atoms with van der Waals surface area (Å²) in [6.45, 7) is 4.25. The lowest BCUT2D eigenvalue weighted by molar-refractivity contribution is 0.132. The molecule has 1 aromatic rings. The van der Waals surface area contributed by atoms with Crippen molar-refractivity contribution in [3.05, 3.63) is 46.5 Å². The lowest BCUT2D eigenvalue weighted by Gasteiger charge is -2.42. The Labute approximate surface area is 157 Å². The minimum atomic E-state index is -0.539. The van der Waals surface area contributed by atoms with Crippen molar-refractivity contribution in [1.29, 1.82) is 0 Å². The van der Waals surface area contributed by atoms with Crippen LogP contribution in [0.15, 0.2) is 18.2 Å². The number of halogens is 2. The third-order valence-electron chi connectivity index (χ3n) is 7.45. The standard InChI is InChI=1S/C24H32F2/c1-3-4-16-6-8-18-13-19(10-9-17(18)12-16)22-14-20-7-5-15(2)11-21(20)23(25)24(22)26/h3-4,14-19H,5-13H2,1-2H3/b4-3+. The van der Waals surface area contributed by atoms with E-state index < -0.39 is 11.6 Å². The quantitative estimate of drug-likeness (QED) is 0.501. The molecule has 2 saturated carbocycles. The first-order valence-electron chi connectivity index (χ1n) is 10.7. The Morgan fingerprint density at radius 3 is 2.54 bits per heavy atom. The summed E-state index contributed by atoms with van der Waals surface area (Å²) in [5, 5.41) is 0. The Morgan fingerprint density at radius 2 is 1.73 bits per heavy atom. The van der Waals surface area contributed by atoms with E-state index in [-0.39, 0.29) is 5.92 Å². The fourth-order valence-electron chi connectivity index (χ4n) is 5.99. The molecule has 26 heavy (non-hydrogen) atoms. The van der Waals surface area contributed by atoms with Crippen LogP contribution in [0.25, 0.3) is 0 Å². The molecular formula is C24H32F2. The van der Waals surface area contributed by atoms with Gasteiger partial charge in [-0.1, -0.05) is 25.1 Å². The number of aryl methyl sites for hydroxylation is 1. The van der Waals surface area contributed by atoms with Gasteiger partial charge in [0.15, 0.2) is 11.6 Å². The molecule has 4 rings (SSSR count). The van der Waals surface area contributed by atoms with E-state index in [1.54, 1.807) is 0 Å². The van der Waals surface area contributed by atoms with Crippen LogP contribution in [-0.2, 0) is 12.8 Å². The average Bonchev–Trinajstić information content (AvgIpc) is 2.65. The van der Waals surface area contributed by atoms with E-state index >= 15 is 0 Å². The predicted octanol–water partition coefficient (Wildman–Crippen LogP) is 6.97. The molecular weight excluding hydrogens is 326 g/mol. The number of hydrogen-bond acceptors (Lipinski definition) is 0. The van der Waals surface area contributed by atoms with Gasteiger partial charge in [0.05, 0.1) is 0 Å². The molecule has 0 nitrogen and oxygen atoms in total. The van der Waals surface area contributed by atoms with E-state index in [1.807, 2.05) is 6.07 Å².